The first-order chi connectivity index (χ1) is 14.5. The number of aromatic nitrogens is 6. The van der Waals surface area contributed by atoms with Crippen LogP contribution in [0, 0.1) is 10.1 Å². The topological polar surface area (TPSA) is 145 Å². The van der Waals surface area contributed by atoms with Gasteiger partial charge in [0.05, 0.1) is 16.8 Å². The van der Waals surface area contributed by atoms with Gasteiger partial charge in [0.1, 0.15) is 6.20 Å². The predicted molar refractivity (Wildman–Crippen MR) is 104 cm³/mol. The average Bonchev–Trinajstić information content (AvgIpc) is 3.48. The van der Waals surface area contributed by atoms with Crippen molar-refractivity contribution in [2.24, 2.45) is 0 Å². The van der Waals surface area contributed by atoms with Crippen molar-refractivity contribution in [2.45, 2.75) is 6.92 Å². The fourth-order valence-electron chi connectivity index (χ4n) is 2.25. The van der Waals surface area contributed by atoms with E-state index in [0.29, 0.717) is 22.4 Å². The van der Waals surface area contributed by atoms with Gasteiger partial charge in [-0.2, -0.15) is 15.3 Å². The molecule has 12 heteroatoms. The Labute approximate surface area is 169 Å². The first kappa shape index (κ1) is 20.3. The van der Waals surface area contributed by atoms with Gasteiger partial charge in [-0.05, 0) is 30.3 Å². The van der Waals surface area contributed by atoms with Crippen LogP contribution >= 0.6 is 0 Å². The monoisotopic (exact) mass is 408 g/mol. The van der Waals surface area contributed by atoms with Crippen LogP contribution in [0.2, 0.25) is 0 Å². The molecule has 12 nitrogen and oxygen atoms in total. The summed E-state index contributed by atoms with van der Waals surface area (Å²) in [4.78, 5) is 28.7. The number of amides is 1. The van der Waals surface area contributed by atoms with E-state index in [1.54, 1.807) is 59.8 Å². The van der Waals surface area contributed by atoms with Gasteiger partial charge in [-0.25, -0.2) is 19.3 Å². The lowest BCUT2D eigenvalue weighted by Crippen LogP contribution is -2.23. The lowest BCUT2D eigenvalue weighted by Gasteiger charge is -2.11. The molecule has 0 fully saturated rings. The molecule has 0 bridgehead atoms. The van der Waals surface area contributed by atoms with Crippen molar-refractivity contribution in [1.82, 2.24) is 29.5 Å². The molecular formula is C18H16N8O4. The summed E-state index contributed by atoms with van der Waals surface area (Å²) in [6, 6.07) is 9.72. The number of nitrogens with zero attached hydrogens (tertiary/aromatic N) is 8. The highest BCUT2D eigenvalue weighted by Gasteiger charge is 2.08. The van der Waals surface area contributed by atoms with Crippen molar-refractivity contribution in [3.05, 3.63) is 83.7 Å². The van der Waals surface area contributed by atoms with E-state index >= 15 is 0 Å². The largest absolute Gasteiger partial charge is 0.287 e. The number of hydrogen-bond donors (Lipinski definition) is 1. The maximum atomic E-state index is 10.9. The Bertz CT molecular complexity index is 1090. The fourth-order valence-corrected chi connectivity index (χ4v) is 2.25. The van der Waals surface area contributed by atoms with E-state index in [1.807, 2.05) is 0 Å². The van der Waals surface area contributed by atoms with Crippen molar-refractivity contribution in [1.29, 1.82) is 0 Å². The second-order valence-electron chi connectivity index (χ2n) is 5.74. The highest BCUT2D eigenvalue weighted by molar-refractivity contribution is 5.88. The summed E-state index contributed by atoms with van der Waals surface area (Å²) in [5, 5.41) is 28.2. The Morgan fingerprint density at radius 3 is 1.93 bits per heavy atom. The van der Waals surface area contributed by atoms with Crippen LogP contribution in [0.3, 0.4) is 0 Å². The van der Waals surface area contributed by atoms with Gasteiger partial charge >= 0.3 is 0 Å². The van der Waals surface area contributed by atoms with Gasteiger partial charge in [-0.15, -0.1) is 0 Å². The third-order valence-corrected chi connectivity index (χ3v) is 3.70. The van der Waals surface area contributed by atoms with Crippen LogP contribution in [0.25, 0.3) is 11.6 Å². The highest BCUT2D eigenvalue weighted by Crippen LogP contribution is 2.13. The van der Waals surface area contributed by atoms with Crippen molar-refractivity contribution >= 4 is 17.3 Å². The number of carbonyl (C=O) groups excluding carboxylic acids is 1. The molecule has 0 unspecified atom stereocenters. The zero-order valence-electron chi connectivity index (χ0n) is 15.7. The van der Waals surface area contributed by atoms with Gasteiger partial charge in [0.2, 0.25) is 5.91 Å². The molecular weight excluding hydrogens is 392 g/mol. The van der Waals surface area contributed by atoms with E-state index in [-0.39, 0.29) is 5.69 Å². The molecule has 1 N–H and O–H groups in total. The van der Waals surface area contributed by atoms with Crippen molar-refractivity contribution in [3.63, 3.8) is 0 Å². The summed E-state index contributed by atoms with van der Waals surface area (Å²) in [5.41, 5.74) is 0.296. The van der Waals surface area contributed by atoms with Crippen LogP contribution in [0.15, 0.2) is 73.6 Å². The van der Waals surface area contributed by atoms with Gasteiger partial charge in [-0.1, -0.05) is 0 Å². The number of hydroxylamine groups is 1. The Hall–Kier alpha value is -4.45. The summed E-state index contributed by atoms with van der Waals surface area (Å²) in [7, 11) is 0. The highest BCUT2D eigenvalue weighted by atomic mass is 16.6. The Balaban J connectivity index is 0.000000172. The van der Waals surface area contributed by atoms with Gasteiger partial charge in [0.25, 0.3) is 5.69 Å². The molecule has 4 aromatic rings. The van der Waals surface area contributed by atoms with E-state index in [0.717, 1.165) is 0 Å². The standard InChI is InChI=1S/C10H10N4O2.C8H6N4O2/c1-8(15)14(16)9-3-4-10(11-7-9)13-6-2-5-12-13;13-12(14)7-2-3-8(9-6-7)11-5-1-4-10-11/h2-7,16H,1H3;1-6H. The molecule has 0 spiro atoms. The van der Waals surface area contributed by atoms with Crippen LogP contribution in [-0.4, -0.2) is 45.6 Å². The molecule has 4 heterocycles. The molecule has 1 amide bonds. The molecule has 0 aliphatic carbocycles. The first-order valence-electron chi connectivity index (χ1n) is 8.52. The van der Waals surface area contributed by atoms with Gasteiger partial charge in [0, 0.05) is 37.8 Å². The number of nitro groups is 1. The van der Waals surface area contributed by atoms with Gasteiger partial charge < -0.3 is 0 Å². The summed E-state index contributed by atoms with van der Waals surface area (Å²) in [5.74, 6) is 0.708. The molecule has 0 aliphatic heterocycles. The third-order valence-electron chi connectivity index (χ3n) is 3.70. The summed E-state index contributed by atoms with van der Waals surface area (Å²) >= 11 is 0. The normalized spacial score (nSPS) is 10.1. The summed E-state index contributed by atoms with van der Waals surface area (Å²) < 4.78 is 3.11. The Morgan fingerprint density at radius 1 is 1.00 bits per heavy atom. The van der Waals surface area contributed by atoms with Crippen LogP contribution in [0.1, 0.15) is 6.92 Å². The predicted octanol–water partition coefficient (Wildman–Crippen LogP) is 2.18. The van der Waals surface area contributed by atoms with E-state index in [2.05, 4.69) is 20.2 Å². The maximum Gasteiger partial charge on any atom is 0.287 e. The quantitative estimate of drug-likeness (QED) is 0.307. The van der Waals surface area contributed by atoms with Gasteiger partial charge in [-0.3, -0.25) is 20.1 Å². The van der Waals surface area contributed by atoms with E-state index in [1.165, 1.54) is 30.1 Å². The minimum absolute atomic E-state index is 0.0269. The molecule has 4 aromatic heterocycles. The number of anilines is 1. The van der Waals surface area contributed by atoms with Crippen LogP contribution in [0.5, 0.6) is 0 Å². The minimum atomic E-state index is -0.486. The smallest absolute Gasteiger partial charge is 0.281 e. The second kappa shape index (κ2) is 9.16. The summed E-state index contributed by atoms with van der Waals surface area (Å²) in [6.07, 6.45) is 9.33. The lowest BCUT2D eigenvalue weighted by molar-refractivity contribution is -0.385. The fraction of sp³-hybridized carbons (Fsp3) is 0.0556. The molecule has 30 heavy (non-hydrogen) atoms. The zero-order valence-corrected chi connectivity index (χ0v) is 15.7. The first-order valence-corrected chi connectivity index (χ1v) is 8.52. The molecule has 0 radical (unpaired) electrons. The van der Waals surface area contributed by atoms with E-state index in [9.17, 15) is 20.1 Å². The van der Waals surface area contributed by atoms with Crippen LogP contribution in [-0.2, 0) is 4.79 Å². The lowest BCUT2D eigenvalue weighted by atomic mass is 10.4. The Morgan fingerprint density at radius 2 is 1.57 bits per heavy atom. The van der Waals surface area contributed by atoms with Crippen molar-refractivity contribution in [2.75, 3.05) is 5.06 Å². The van der Waals surface area contributed by atoms with E-state index in [4.69, 9.17) is 0 Å². The molecule has 0 saturated heterocycles. The van der Waals surface area contributed by atoms with E-state index < -0.39 is 10.8 Å². The second-order valence-corrected chi connectivity index (χ2v) is 5.74. The van der Waals surface area contributed by atoms with Gasteiger partial charge in [0.15, 0.2) is 11.6 Å². The minimum Gasteiger partial charge on any atom is -0.281 e. The SMILES string of the molecule is CC(=O)N(O)c1ccc(-n2cccn2)nc1.O=[N+]([O-])c1ccc(-n2cccn2)nc1. The molecule has 0 aliphatic rings. The number of carbonyl (C=O) groups is 1. The molecule has 152 valence electrons. The zero-order chi connectivity index (χ0) is 21.5. The number of hydrogen-bond acceptors (Lipinski definition) is 8. The molecule has 4 rings (SSSR count). The summed E-state index contributed by atoms with van der Waals surface area (Å²) in [6.45, 7) is 1.27. The maximum absolute atomic E-state index is 10.9. The van der Waals surface area contributed by atoms with Crippen molar-refractivity contribution < 1.29 is 14.9 Å². The number of pyridine rings is 2. The molecule has 0 atom stereocenters. The van der Waals surface area contributed by atoms with Crippen molar-refractivity contribution in [3.8, 4) is 11.6 Å². The molecule has 0 saturated carbocycles. The number of rotatable bonds is 4. The van der Waals surface area contributed by atoms with Crippen LogP contribution in [0.4, 0.5) is 11.4 Å². The molecule has 0 aromatic carbocycles. The van der Waals surface area contributed by atoms with Crippen LogP contribution < -0.4 is 5.06 Å². The average molecular weight is 408 g/mol. The third kappa shape index (κ3) is 4.88. The Kier molecular flexibility index (Phi) is 6.20.